The molecule has 5 nitrogen and oxygen atoms in total. The highest BCUT2D eigenvalue weighted by molar-refractivity contribution is 9.10. The second-order valence-corrected chi connectivity index (χ2v) is 7.46. The van der Waals surface area contributed by atoms with Gasteiger partial charge in [0.15, 0.2) is 5.58 Å². The zero-order valence-corrected chi connectivity index (χ0v) is 17.6. The van der Waals surface area contributed by atoms with E-state index in [-0.39, 0.29) is 5.91 Å². The maximum Gasteiger partial charge on any atom is 0.255 e. The molecule has 1 heterocycles. The van der Waals surface area contributed by atoms with Crippen molar-refractivity contribution in [2.24, 2.45) is 0 Å². The lowest BCUT2D eigenvalue weighted by Crippen LogP contribution is -2.12. The Labute approximate surface area is 176 Å². The van der Waals surface area contributed by atoms with Crippen LogP contribution in [0.15, 0.2) is 69.6 Å². The Morgan fingerprint density at radius 3 is 2.79 bits per heavy atom. The molecule has 0 atom stereocenters. The summed E-state index contributed by atoms with van der Waals surface area (Å²) in [5.41, 5.74) is 4.65. The molecule has 1 N–H and O–H groups in total. The number of oxazole rings is 1. The molecule has 1 aromatic heterocycles. The molecule has 0 spiro atoms. The maximum atomic E-state index is 12.6. The molecule has 146 valence electrons. The summed E-state index contributed by atoms with van der Waals surface area (Å²) in [7, 11) is 0. The lowest BCUT2D eigenvalue weighted by atomic mass is 10.1. The predicted molar refractivity (Wildman–Crippen MR) is 117 cm³/mol. The van der Waals surface area contributed by atoms with E-state index in [1.807, 2.05) is 56.3 Å². The standard InChI is InChI=1S/C23H19BrN2O3/c1-3-28-20-10-8-15(13-18(20)24)22(27)25-17-6-4-5-16(12-17)23-26-19-9-7-14(2)11-21(19)29-23/h4-13H,3H2,1-2H3,(H,25,27). The van der Waals surface area contributed by atoms with Crippen LogP contribution in [0, 0.1) is 6.92 Å². The highest BCUT2D eigenvalue weighted by atomic mass is 79.9. The smallest absolute Gasteiger partial charge is 0.255 e. The number of carbonyl (C=O) groups is 1. The first-order valence-electron chi connectivity index (χ1n) is 9.25. The van der Waals surface area contributed by atoms with Gasteiger partial charge in [-0.3, -0.25) is 4.79 Å². The first-order valence-corrected chi connectivity index (χ1v) is 10.0. The normalized spacial score (nSPS) is 10.9. The van der Waals surface area contributed by atoms with Crippen molar-refractivity contribution in [3.05, 3.63) is 76.3 Å². The van der Waals surface area contributed by atoms with Gasteiger partial charge in [-0.25, -0.2) is 4.98 Å². The van der Waals surface area contributed by atoms with E-state index in [2.05, 4.69) is 26.2 Å². The van der Waals surface area contributed by atoms with Gasteiger partial charge in [0, 0.05) is 16.8 Å². The molecule has 4 aromatic rings. The molecule has 0 aliphatic heterocycles. The fraction of sp³-hybridized carbons (Fsp3) is 0.130. The van der Waals surface area contributed by atoms with E-state index in [0.29, 0.717) is 29.5 Å². The number of rotatable bonds is 5. The molecule has 0 saturated carbocycles. The fourth-order valence-corrected chi connectivity index (χ4v) is 3.50. The number of fused-ring (bicyclic) bond motifs is 1. The number of amides is 1. The summed E-state index contributed by atoms with van der Waals surface area (Å²) in [4.78, 5) is 17.2. The Morgan fingerprint density at radius 1 is 1.14 bits per heavy atom. The highest BCUT2D eigenvalue weighted by Crippen LogP contribution is 2.28. The Hall–Kier alpha value is -3.12. The molecule has 1 amide bonds. The lowest BCUT2D eigenvalue weighted by Gasteiger charge is -2.09. The average molecular weight is 451 g/mol. The number of ether oxygens (including phenoxy) is 1. The van der Waals surface area contributed by atoms with Crippen LogP contribution in [-0.4, -0.2) is 17.5 Å². The number of hydrogen-bond donors (Lipinski definition) is 1. The second-order valence-electron chi connectivity index (χ2n) is 6.60. The van der Waals surface area contributed by atoms with E-state index in [1.54, 1.807) is 18.2 Å². The van der Waals surface area contributed by atoms with Crippen LogP contribution in [0.4, 0.5) is 5.69 Å². The number of aryl methyl sites for hydroxylation is 1. The van der Waals surface area contributed by atoms with E-state index in [0.717, 1.165) is 26.7 Å². The molecule has 0 bridgehead atoms. The quantitative estimate of drug-likeness (QED) is 0.392. The summed E-state index contributed by atoms with van der Waals surface area (Å²) in [5, 5.41) is 2.92. The van der Waals surface area contributed by atoms with Crippen LogP contribution in [0.25, 0.3) is 22.6 Å². The molecule has 0 aliphatic carbocycles. The molecule has 0 radical (unpaired) electrons. The van der Waals surface area contributed by atoms with Gasteiger partial charge < -0.3 is 14.5 Å². The molecule has 0 fully saturated rings. The van der Waals surface area contributed by atoms with Crippen LogP contribution in [0.3, 0.4) is 0 Å². The van der Waals surface area contributed by atoms with Crippen LogP contribution in [0.5, 0.6) is 5.75 Å². The molecule has 0 unspecified atom stereocenters. The van der Waals surface area contributed by atoms with Gasteiger partial charge >= 0.3 is 0 Å². The molecule has 6 heteroatoms. The summed E-state index contributed by atoms with van der Waals surface area (Å²) in [6, 6.07) is 18.6. The lowest BCUT2D eigenvalue weighted by molar-refractivity contribution is 0.102. The number of nitrogens with zero attached hydrogens (tertiary/aromatic N) is 1. The predicted octanol–water partition coefficient (Wildman–Crippen LogP) is 6.22. The number of aromatic nitrogens is 1. The second kappa shape index (κ2) is 8.09. The minimum Gasteiger partial charge on any atom is -0.493 e. The van der Waals surface area contributed by atoms with Crippen LogP contribution in [-0.2, 0) is 0 Å². The Balaban J connectivity index is 1.57. The van der Waals surface area contributed by atoms with Gasteiger partial charge in [-0.2, -0.15) is 0 Å². The minimum atomic E-state index is -0.209. The van der Waals surface area contributed by atoms with Crippen molar-refractivity contribution in [2.45, 2.75) is 13.8 Å². The third kappa shape index (κ3) is 4.17. The highest BCUT2D eigenvalue weighted by Gasteiger charge is 2.12. The molecular weight excluding hydrogens is 432 g/mol. The van der Waals surface area contributed by atoms with E-state index in [1.165, 1.54) is 0 Å². The van der Waals surface area contributed by atoms with Crippen molar-refractivity contribution in [2.75, 3.05) is 11.9 Å². The Morgan fingerprint density at radius 2 is 2.00 bits per heavy atom. The Kier molecular flexibility index (Phi) is 5.36. The van der Waals surface area contributed by atoms with Crippen LogP contribution >= 0.6 is 15.9 Å². The van der Waals surface area contributed by atoms with Gasteiger partial charge in [0.25, 0.3) is 5.91 Å². The summed E-state index contributed by atoms with van der Waals surface area (Å²) >= 11 is 3.44. The van der Waals surface area contributed by atoms with E-state index < -0.39 is 0 Å². The zero-order valence-electron chi connectivity index (χ0n) is 16.0. The van der Waals surface area contributed by atoms with Crippen molar-refractivity contribution in [1.29, 1.82) is 0 Å². The minimum absolute atomic E-state index is 0.209. The number of carbonyl (C=O) groups excluding carboxylic acids is 1. The monoisotopic (exact) mass is 450 g/mol. The van der Waals surface area contributed by atoms with E-state index in [4.69, 9.17) is 9.15 Å². The zero-order chi connectivity index (χ0) is 20.4. The maximum absolute atomic E-state index is 12.6. The molecule has 4 rings (SSSR count). The number of hydrogen-bond acceptors (Lipinski definition) is 4. The van der Waals surface area contributed by atoms with Crippen molar-refractivity contribution >= 4 is 38.6 Å². The van der Waals surface area contributed by atoms with Crippen molar-refractivity contribution in [1.82, 2.24) is 4.98 Å². The fourth-order valence-electron chi connectivity index (χ4n) is 3.00. The van der Waals surface area contributed by atoms with Gasteiger partial charge in [0.2, 0.25) is 5.89 Å². The molecule has 0 saturated heterocycles. The third-order valence-corrected chi connectivity index (χ3v) is 5.02. The van der Waals surface area contributed by atoms with Gasteiger partial charge in [0.05, 0.1) is 11.1 Å². The summed E-state index contributed by atoms with van der Waals surface area (Å²) < 4.78 is 12.1. The van der Waals surface area contributed by atoms with Gasteiger partial charge in [-0.05, 0) is 83.9 Å². The molecular formula is C23H19BrN2O3. The topological polar surface area (TPSA) is 64.4 Å². The first-order chi connectivity index (χ1) is 14.0. The molecule has 29 heavy (non-hydrogen) atoms. The number of benzene rings is 3. The van der Waals surface area contributed by atoms with E-state index >= 15 is 0 Å². The van der Waals surface area contributed by atoms with Gasteiger partial charge in [-0.1, -0.05) is 12.1 Å². The largest absolute Gasteiger partial charge is 0.493 e. The van der Waals surface area contributed by atoms with E-state index in [9.17, 15) is 4.79 Å². The number of halogens is 1. The SMILES string of the molecule is CCOc1ccc(C(=O)Nc2cccc(-c3nc4ccc(C)cc4o3)c2)cc1Br. The van der Waals surface area contributed by atoms with Crippen LogP contribution in [0.1, 0.15) is 22.8 Å². The summed E-state index contributed by atoms with van der Waals surface area (Å²) in [5.74, 6) is 1.02. The van der Waals surface area contributed by atoms with Crippen LogP contribution in [0.2, 0.25) is 0 Å². The average Bonchev–Trinajstić information content (AvgIpc) is 3.13. The third-order valence-electron chi connectivity index (χ3n) is 4.41. The summed E-state index contributed by atoms with van der Waals surface area (Å²) in [6.45, 7) is 4.49. The molecule has 0 aliphatic rings. The van der Waals surface area contributed by atoms with Crippen LogP contribution < -0.4 is 10.1 Å². The van der Waals surface area contributed by atoms with Crippen molar-refractivity contribution in [3.63, 3.8) is 0 Å². The first kappa shape index (κ1) is 19.2. The van der Waals surface area contributed by atoms with Gasteiger partial charge in [0.1, 0.15) is 11.3 Å². The van der Waals surface area contributed by atoms with Crippen molar-refractivity contribution in [3.8, 4) is 17.2 Å². The number of nitrogens with one attached hydrogen (secondary N) is 1. The Bertz CT molecular complexity index is 1200. The van der Waals surface area contributed by atoms with Crippen molar-refractivity contribution < 1.29 is 13.9 Å². The number of anilines is 1. The summed E-state index contributed by atoms with van der Waals surface area (Å²) in [6.07, 6.45) is 0. The van der Waals surface area contributed by atoms with Gasteiger partial charge in [-0.15, -0.1) is 0 Å². The molecule has 3 aromatic carbocycles.